The lowest BCUT2D eigenvalue weighted by atomic mass is 9.94. The third kappa shape index (κ3) is 4.40. The highest BCUT2D eigenvalue weighted by atomic mass is 19.2. The third-order valence-corrected chi connectivity index (χ3v) is 5.22. The second-order valence-electron chi connectivity index (χ2n) is 7.88. The van der Waals surface area contributed by atoms with Crippen LogP contribution < -0.4 is 10.1 Å². The Morgan fingerprint density at radius 1 is 1.06 bits per heavy atom. The molecule has 0 spiro atoms. The lowest BCUT2D eigenvalue weighted by molar-refractivity contribution is -0.104. The molecule has 8 heteroatoms. The largest absolute Gasteiger partial charge is 0.490 e. The molecule has 4 rings (SSSR count). The number of carbonyl (C=O) groups excluding carboxylic acids is 1. The van der Waals surface area contributed by atoms with Crippen LogP contribution in [0.5, 0.6) is 5.75 Å². The number of amides is 1. The van der Waals surface area contributed by atoms with Crippen LogP contribution in [0.15, 0.2) is 60.7 Å². The molecule has 0 aliphatic carbocycles. The predicted octanol–water partition coefficient (Wildman–Crippen LogP) is 4.42. The number of rotatable bonds is 6. The summed E-state index contributed by atoms with van der Waals surface area (Å²) in [6, 6.07) is 15.1. The van der Waals surface area contributed by atoms with E-state index in [0.717, 1.165) is 12.1 Å². The number of benzene rings is 3. The molecule has 0 radical (unpaired) electrons. The summed E-state index contributed by atoms with van der Waals surface area (Å²) in [6.07, 6.45) is 0. The van der Waals surface area contributed by atoms with E-state index in [1.165, 1.54) is 17.0 Å². The van der Waals surface area contributed by atoms with Gasteiger partial charge in [0.25, 0.3) is 5.91 Å². The molecule has 32 heavy (non-hydrogen) atoms. The summed E-state index contributed by atoms with van der Waals surface area (Å²) in [6.45, 7) is 1.57. The molecule has 3 aromatic rings. The van der Waals surface area contributed by atoms with Gasteiger partial charge in [0.1, 0.15) is 23.8 Å². The van der Waals surface area contributed by atoms with Gasteiger partial charge < -0.3 is 20.1 Å². The Balaban J connectivity index is 1.50. The van der Waals surface area contributed by atoms with Crippen molar-refractivity contribution in [2.45, 2.75) is 12.5 Å². The molecule has 1 amide bonds. The molecule has 1 fully saturated rings. The van der Waals surface area contributed by atoms with Crippen LogP contribution in [0.25, 0.3) is 0 Å². The van der Waals surface area contributed by atoms with Gasteiger partial charge in [-0.25, -0.2) is 13.2 Å². The van der Waals surface area contributed by atoms with Gasteiger partial charge in [0.05, 0.1) is 30.0 Å². The monoisotopic (exact) mass is 442 g/mol. The number of hydrogen-bond acceptors (Lipinski definition) is 4. The van der Waals surface area contributed by atoms with E-state index in [1.807, 2.05) is 6.07 Å². The lowest BCUT2D eigenvalue weighted by Crippen LogP contribution is -2.66. The summed E-state index contributed by atoms with van der Waals surface area (Å²) < 4.78 is 48.2. The molecule has 5 nitrogen and oxygen atoms in total. The molecule has 1 aliphatic rings. The van der Waals surface area contributed by atoms with E-state index >= 15 is 0 Å². The average Bonchev–Trinajstić information content (AvgIpc) is 2.75. The van der Waals surface area contributed by atoms with Gasteiger partial charge in [-0.05, 0) is 48.9 Å². The van der Waals surface area contributed by atoms with E-state index in [1.54, 1.807) is 37.3 Å². The summed E-state index contributed by atoms with van der Waals surface area (Å²) in [5.74, 6) is -3.17. The first kappa shape index (κ1) is 21.7. The van der Waals surface area contributed by atoms with Crippen molar-refractivity contribution in [2.75, 3.05) is 25.0 Å². The van der Waals surface area contributed by atoms with Crippen LogP contribution >= 0.6 is 0 Å². The van der Waals surface area contributed by atoms with Gasteiger partial charge in [0.15, 0.2) is 11.6 Å². The van der Waals surface area contributed by atoms with Gasteiger partial charge >= 0.3 is 0 Å². The molecule has 0 saturated carbocycles. The minimum Gasteiger partial charge on any atom is -0.490 e. The van der Waals surface area contributed by atoms with Crippen molar-refractivity contribution in [1.29, 1.82) is 0 Å². The summed E-state index contributed by atoms with van der Waals surface area (Å²) in [5, 5.41) is 13.1. The fraction of sp³-hybridized carbons (Fsp3) is 0.208. The summed E-state index contributed by atoms with van der Waals surface area (Å²) >= 11 is 0. The van der Waals surface area contributed by atoms with Crippen LogP contribution in [-0.2, 0) is 0 Å². The number of nitrogens with zero attached hydrogens (tertiary/aromatic N) is 1. The van der Waals surface area contributed by atoms with Crippen LogP contribution in [0.3, 0.4) is 0 Å². The maximum absolute atomic E-state index is 14.6. The zero-order valence-electron chi connectivity index (χ0n) is 17.2. The number of para-hydroxylation sites is 1. The normalized spacial score (nSPS) is 14.6. The third-order valence-electron chi connectivity index (χ3n) is 5.22. The van der Waals surface area contributed by atoms with Crippen LogP contribution in [0.2, 0.25) is 0 Å². The standard InChI is InChI=1S/C24H21F3N2O3/c1-15-7-10-20(19(26)11-15)28-22-17(8-9-18(25)21(22)27)23(30)29-12-24(31,13-29)14-32-16-5-3-2-4-6-16/h2-11,28,31H,12-14H2,1H3. The molecule has 166 valence electrons. The quantitative estimate of drug-likeness (QED) is 0.593. The Kier molecular flexibility index (Phi) is 5.80. The second kappa shape index (κ2) is 8.55. The van der Waals surface area contributed by atoms with Gasteiger partial charge in [-0.2, -0.15) is 0 Å². The number of aryl methyl sites for hydroxylation is 1. The Hall–Kier alpha value is -3.52. The predicted molar refractivity (Wildman–Crippen MR) is 114 cm³/mol. The fourth-order valence-corrected chi connectivity index (χ4v) is 3.51. The van der Waals surface area contributed by atoms with Crippen molar-refractivity contribution in [1.82, 2.24) is 4.90 Å². The van der Waals surface area contributed by atoms with Crippen molar-refractivity contribution >= 4 is 17.3 Å². The number of β-amino-alcohol motifs (C(OH)–C–C–N with tert-alkyl or cyclic N) is 1. The van der Waals surface area contributed by atoms with Crippen molar-refractivity contribution in [3.05, 3.63) is 89.2 Å². The number of aliphatic hydroxyl groups is 1. The van der Waals surface area contributed by atoms with E-state index in [9.17, 15) is 23.1 Å². The van der Waals surface area contributed by atoms with E-state index in [4.69, 9.17) is 4.74 Å². The second-order valence-corrected chi connectivity index (χ2v) is 7.88. The number of nitrogens with one attached hydrogen (secondary N) is 1. The first-order valence-corrected chi connectivity index (χ1v) is 9.96. The molecule has 1 saturated heterocycles. The number of ether oxygens (including phenoxy) is 1. The maximum atomic E-state index is 14.6. The number of halogens is 3. The molecular weight excluding hydrogens is 421 g/mol. The van der Waals surface area contributed by atoms with Crippen LogP contribution in [0.4, 0.5) is 24.5 Å². The average molecular weight is 442 g/mol. The van der Waals surface area contributed by atoms with Gasteiger partial charge in [0.2, 0.25) is 0 Å². The van der Waals surface area contributed by atoms with E-state index < -0.39 is 34.6 Å². The van der Waals surface area contributed by atoms with E-state index in [-0.39, 0.29) is 30.9 Å². The molecule has 0 bridgehead atoms. The van der Waals surface area contributed by atoms with Crippen LogP contribution in [-0.4, -0.2) is 41.2 Å². The van der Waals surface area contributed by atoms with Gasteiger partial charge in [-0.1, -0.05) is 24.3 Å². The van der Waals surface area contributed by atoms with Gasteiger partial charge in [-0.15, -0.1) is 0 Å². The summed E-state index contributed by atoms with van der Waals surface area (Å²) in [5.41, 5.74) is -1.34. The number of likely N-dealkylation sites (tertiary alicyclic amines) is 1. The Bertz CT molecular complexity index is 1150. The molecule has 0 aromatic heterocycles. The van der Waals surface area contributed by atoms with E-state index in [2.05, 4.69) is 5.32 Å². The molecule has 2 N–H and O–H groups in total. The van der Waals surface area contributed by atoms with Crippen molar-refractivity contribution in [3.8, 4) is 5.75 Å². The smallest absolute Gasteiger partial charge is 0.256 e. The number of anilines is 2. The molecule has 1 heterocycles. The summed E-state index contributed by atoms with van der Waals surface area (Å²) in [4.78, 5) is 14.2. The molecule has 0 atom stereocenters. The SMILES string of the molecule is Cc1ccc(Nc2c(C(=O)N3CC(O)(COc4ccccc4)C3)ccc(F)c2F)c(F)c1. The van der Waals surface area contributed by atoms with E-state index in [0.29, 0.717) is 11.3 Å². The first-order chi connectivity index (χ1) is 15.3. The molecular formula is C24H21F3N2O3. The zero-order chi connectivity index (χ0) is 22.9. The number of carbonyl (C=O) groups is 1. The number of hydrogen-bond donors (Lipinski definition) is 2. The molecule has 0 unspecified atom stereocenters. The maximum Gasteiger partial charge on any atom is 0.256 e. The van der Waals surface area contributed by atoms with Crippen molar-refractivity contribution in [3.63, 3.8) is 0 Å². The highest BCUT2D eigenvalue weighted by Crippen LogP contribution is 2.32. The molecule has 3 aromatic carbocycles. The van der Waals surface area contributed by atoms with Crippen LogP contribution in [0, 0.1) is 24.4 Å². The first-order valence-electron chi connectivity index (χ1n) is 9.96. The Morgan fingerprint density at radius 3 is 2.47 bits per heavy atom. The van der Waals surface area contributed by atoms with Crippen LogP contribution in [0.1, 0.15) is 15.9 Å². The summed E-state index contributed by atoms with van der Waals surface area (Å²) in [7, 11) is 0. The van der Waals surface area contributed by atoms with Crippen molar-refractivity contribution in [2.24, 2.45) is 0 Å². The van der Waals surface area contributed by atoms with Crippen molar-refractivity contribution < 1.29 is 27.8 Å². The van der Waals surface area contributed by atoms with Gasteiger partial charge in [-0.3, -0.25) is 4.79 Å². The van der Waals surface area contributed by atoms with Gasteiger partial charge in [0, 0.05) is 0 Å². The Labute approximate surface area is 183 Å². The minimum atomic E-state index is -1.29. The minimum absolute atomic E-state index is 0.0295. The highest BCUT2D eigenvalue weighted by molar-refractivity contribution is 6.01. The zero-order valence-corrected chi connectivity index (χ0v) is 17.2. The lowest BCUT2D eigenvalue weighted by Gasteiger charge is -2.46. The molecule has 1 aliphatic heterocycles. The highest BCUT2D eigenvalue weighted by Gasteiger charge is 2.45. The Morgan fingerprint density at radius 2 is 1.78 bits per heavy atom. The topological polar surface area (TPSA) is 61.8 Å². The fourth-order valence-electron chi connectivity index (χ4n) is 3.51.